The topological polar surface area (TPSA) is 63.7 Å². The number of rotatable bonds is 10. The second-order valence-electron chi connectivity index (χ2n) is 6.25. The van der Waals surface area contributed by atoms with Crippen LogP contribution < -0.4 is 14.8 Å². The number of hydrogen-bond acceptors (Lipinski definition) is 7. The number of carbonyl (C=O) groups is 1. The molecule has 0 radical (unpaired) electrons. The van der Waals surface area contributed by atoms with Crippen molar-refractivity contribution in [2.75, 3.05) is 38.7 Å². The van der Waals surface area contributed by atoms with Gasteiger partial charge in [-0.25, -0.2) is 4.98 Å². The second kappa shape index (κ2) is 10.4. The summed E-state index contributed by atoms with van der Waals surface area (Å²) in [5.74, 6) is 0.993. The van der Waals surface area contributed by atoms with E-state index in [2.05, 4.69) is 29.0 Å². The van der Waals surface area contributed by atoms with Gasteiger partial charge in [-0.2, -0.15) is 11.3 Å². The van der Waals surface area contributed by atoms with Crippen molar-refractivity contribution in [1.29, 1.82) is 0 Å². The quantitative estimate of drug-likeness (QED) is 0.497. The minimum atomic E-state index is -0.248. The molecule has 2 heterocycles. The fourth-order valence-corrected chi connectivity index (χ4v) is 4.30. The first kappa shape index (κ1) is 21.3. The third-order valence-electron chi connectivity index (χ3n) is 4.49. The molecule has 2 aromatic heterocycles. The van der Waals surface area contributed by atoms with Crippen LogP contribution in [0.25, 0.3) is 10.6 Å². The highest BCUT2D eigenvalue weighted by Gasteiger charge is 2.14. The summed E-state index contributed by atoms with van der Waals surface area (Å²) in [4.78, 5) is 19.3. The van der Waals surface area contributed by atoms with Gasteiger partial charge in [0.1, 0.15) is 17.3 Å². The third kappa shape index (κ3) is 5.56. The van der Waals surface area contributed by atoms with Crippen molar-refractivity contribution in [3.63, 3.8) is 0 Å². The van der Waals surface area contributed by atoms with Gasteiger partial charge < -0.3 is 19.7 Å². The van der Waals surface area contributed by atoms with Crippen molar-refractivity contribution < 1.29 is 14.3 Å². The van der Waals surface area contributed by atoms with E-state index in [-0.39, 0.29) is 5.91 Å². The zero-order valence-electron chi connectivity index (χ0n) is 16.8. The molecule has 1 N–H and O–H groups in total. The van der Waals surface area contributed by atoms with Crippen molar-refractivity contribution in [2.24, 2.45) is 0 Å². The van der Waals surface area contributed by atoms with E-state index in [1.807, 2.05) is 16.8 Å². The number of nitrogens with one attached hydrogen (secondary N) is 1. The summed E-state index contributed by atoms with van der Waals surface area (Å²) >= 11 is 3.07. The van der Waals surface area contributed by atoms with E-state index in [4.69, 9.17) is 9.47 Å². The molecule has 0 bridgehead atoms. The zero-order chi connectivity index (χ0) is 20.6. The third-order valence-corrected chi connectivity index (χ3v) is 6.06. The van der Waals surface area contributed by atoms with E-state index in [1.165, 1.54) is 11.3 Å². The predicted molar refractivity (Wildman–Crippen MR) is 120 cm³/mol. The lowest BCUT2D eigenvalue weighted by Gasteiger charge is -2.19. The molecule has 0 aliphatic heterocycles. The smallest absolute Gasteiger partial charge is 0.275 e. The Balaban J connectivity index is 1.66. The average Bonchev–Trinajstić information content (AvgIpc) is 3.43. The number of thiophene rings is 1. The molecule has 0 atom stereocenters. The van der Waals surface area contributed by atoms with E-state index in [1.54, 1.807) is 42.0 Å². The predicted octanol–water partition coefficient (Wildman–Crippen LogP) is 4.85. The highest BCUT2D eigenvalue weighted by molar-refractivity contribution is 7.14. The molecule has 29 heavy (non-hydrogen) atoms. The van der Waals surface area contributed by atoms with E-state index >= 15 is 0 Å². The van der Waals surface area contributed by atoms with Crippen molar-refractivity contribution in [2.45, 2.75) is 13.8 Å². The maximum atomic E-state index is 12.6. The average molecular weight is 432 g/mol. The second-order valence-corrected chi connectivity index (χ2v) is 7.88. The Morgan fingerprint density at radius 2 is 2.00 bits per heavy atom. The van der Waals surface area contributed by atoms with Crippen LogP contribution in [-0.2, 0) is 0 Å². The molecule has 3 rings (SSSR count). The fraction of sp³-hybridized carbons (Fsp3) is 0.333. The minimum Gasteiger partial charge on any atom is -0.493 e. The molecule has 0 unspecified atom stereocenters. The molecule has 1 amide bonds. The summed E-state index contributed by atoms with van der Waals surface area (Å²) in [6.45, 7) is 7.59. The Hall–Kier alpha value is -2.42. The molecule has 3 aromatic rings. The molecule has 0 aliphatic rings. The van der Waals surface area contributed by atoms with Crippen molar-refractivity contribution >= 4 is 34.3 Å². The van der Waals surface area contributed by atoms with E-state index in [0.717, 1.165) is 30.2 Å². The van der Waals surface area contributed by atoms with E-state index in [9.17, 15) is 4.79 Å². The Kier molecular flexibility index (Phi) is 7.62. The van der Waals surface area contributed by atoms with Gasteiger partial charge >= 0.3 is 0 Å². The number of carbonyl (C=O) groups excluding carboxylic acids is 1. The molecule has 0 fully saturated rings. The first-order valence-electron chi connectivity index (χ1n) is 9.47. The van der Waals surface area contributed by atoms with Gasteiger partial charge in [0.2, 0.25) is 0 Å². The lowest BCUT2D eigenvalue weighted by molar-refractivity contribution is 0.102. The molecule has 6 nitrogen and oxygen atoms in total. The van der Waals surface area contributed by atoms with Gasteiger partial charge in [-0.15, -0.1) is 11.3 Å². The van der Waals surface area contributed by atoms with Crippen molar-refractivity contribution in [3.8, 4) is 22.1 Å². The number of anilines is 1. The number of methoxy groups -OCH3 is 1. The number of thiazole rings is 1. The first-order chi connectivity index (χ1) is 14.1. The zero-order valence-corrected chi connectivity index (χ0v) is 18.4. The first-order valence-corrected chi connectivity index (χ1v) is 11.3. The minimum absolute atomic E-state index is 0.248. The highest BCUT2D eigenvalue weighted by Crippen LogP contribution is 2.31. The lowest BCUT2D eigenvalue weighted by Crippen LogP contribution is -2.28. The van der Waals surface area contributed by atoms with Crippen LogP contribution in [0.4, 0.5) is 5.69 Å². The summed E-state index contributed by atoms with van der Waals surface area (Å²) in [5, 5.41) is 9.52. The number of ether oxygens (including phenoxy) is 2. The number of likely N-dealkylation sites (N-methyl/N-ethyl adjacent to an activating group) is 1. The summed E-state index contributed by atoms with van der Waals surface area (Å²) in [5.41, 5.74) is 2.07. The summed E-state index contributed by atoms with van der Waals surface area (Å²) in [6.07, 6.45) is 0. The summed E-state index contributed by atoms with van der Waals surface area (Å²) < 4.78 is 11.3. The molecule has 1 aromatic carbocycles. The van der Waals surface area contributed by atoms with Gasteiger partial charge in [0.05, 0.1) is 7.11 Å². The highest BCUT2D eigenvalue weighted by atomic mass is 32.1. The summed E-state index contributed by atoms with van der Waals surface area (Å²) in [6, 6.07) is 7.36. The van der Waals surface area contributed by atoms with E-state index < -0.39 is 0 Å². The molecule has 0 saturated carbocycles. The largest absolute Gasteiger partial charge is 0.493 e. The number of nitrogens with zero attached hydrogens (tertiary/aromatic N) is 2. The van der Waals surface area contributed by atoms with Gasteiger partial charge in [-0.1, -0.05) is 13.8 Å². The van der Waals surface area contributed by atoms with Gasteiger partial charge in [0, 0.05) is 34.6 Å². The van der Waals surface area contributed by atoms with Crippen LogP contribution in [0.1, 0.15) is 24.3 Å². The van der Waals surface area contributed by atoms with Gasteiger partial charge in [-0.05, 0) is 36.7 Å². The Labute approximate surface area is 179 Å². The number of hydrogen-bond donors (Lipinski definition) is 1. The number of aromatic nitrogens is 1. The van der Waals surface area contributed by atoms with E-state index in [0.29, 0.717) is 29.5 Å². The van der Waals surface area contributed by atoms with Crippen molar-refractivity contribution in [1.82, 2.24) is 9.88 Å². The van der Waals surface area contributed by atoms with Crippen LogP contribution in [0.5, 0.6) is 11.5 Å². The molecule has 8 heteroatoms. The Bertz CT molecular complexity index is 921. The molecule has 0 spiro atoms. The SMILES string of the molecule is CCN(CC)CCOc1cc(NC(=O)c2csc(-c3ccsc3)n2)ccc1OC. The molecule has 0 aliphatic carbocycles. The Morgan fingerprint density at radius 3 is 2.69 bits per heavy atom. The van der Waals surface area contributed by atoms with Crippen LogP contribution in [0.3, 0.4) is 0 Å². The van der Waals surface area contributed by atoms with Gasteiger partial charge in [0.25, 0.3) is 5.91 Å². The number of benzene rings is 1. The maximum absolute atomic E-state index is 12.6. The van der Waals surface area contributed by atoms with Crippen LogP contribution in [-0.4, -0.2) is 49.1 Å². The normalized spacial score (nSPS) is 10.9. The van der Waals surface area contributed by atoms with Crippen LogP contribution >= 0.6 is 22.7 Å². The lowest BCUT2D eigenvalue weighted by atomic mass is 10.2. The van der Waals surface area contributed by atoms with Crippen LogP contribution in [0, 0.1) is 0 Å². The maximum Gasteiger partial charge on any atom is 0.275 e. The Morgan fingerprint density at radius 1 is 1.17 bits per heavy atom. The molecular weight excluding hydrogens is 406 g/mol. The fourth-order valence-electron chi connectivity index (χ4n) is 2.78. The van der Waals surface area contributed by atoms with Gasteiger partial charge in [0.15, 0.2) is 11.5 Å². The van der Waals surface area contributed by atoms with Crippen LogP contribution in [0.2, 0.25) is 0 Å². The summed E-state index contributed by atoms with van der Waals surface area (Å²) in [7, 11) is 1.60. The standard InChI is InChI=1S/C21H25N3O3S2/c1-4-24(5-2)9-10-27-19-12-16(6-7-18(19)26-3)22-20(25)17-14-29-21(23-17)15-8-11-28-13-15/h6-8,11-14H,4-5,9-10H2,1-3H3,(H,22,25). The monoisotopic (exact) mass is 431 g/mol. The molecule has 154 valence electrons. The molecular formula is C21H25N3O3S2. The number of amides is 1. The molecule has 0 saturated heterocycles. The van der Waals surface area contributed by atoms with Gasteiger partial charge in [-0.3, -0.25) is 4.79 Å². The van der Waals surface area contributed by atoms with Crippen molar-refractivity contribution in [3.05, 3.63) is 46.1 Å². The van der Waals surface area contributed by atoms with Crippen LogP contribution in [0.15, 0.2) is 40.4 Å².